The molecule has 1 aliphatic rings. The van der Waals surface area contributed by atoms with Crippen molar-refractivity contribution in [1.82, 2.24) is 10.2 Å². The maximum absolute atomic E-state index is 5.00. The molecule has 84 valence electrons. The number of hydrogen-bond donors (Lipinski definition) is 1. The molecule has 0 unspecified atom stereocenters. The standard InChI is InChI=1S/C12H20N2O/c1-2-7-14(6-1)8-3-5-13-10-12-4-9-15-11-12/h4,9,11,13H,1-3,5-8,10H2. The molecule has 0 radical (unpaired) electrons. The van der Waals surface area contributed by atoms with E-state index in [0.717, 1.165) is 13.1 Å². The lowest BCUT2D eigenvalue weighted by atomic mass is 10.3. The molecule has 0 aliphatic carbocycles. The Bertz CT molecular complexity index is 253. The summed E-state index contributed by atoms with van der Waals surface area (Å²) in [6.45, 7) is 5.89. The Kier molecular flexibility index (Phi) is 4.23. The first-order valence-electron chi connectivity index (χ1n) is 5.89. The highest BCUT2D eigenvalue weighted by molar-refractivity contribution is 5.04. The summed E-state index contributed by atoms with van der Waals surface area (Å²) in [5.74, 6) is 0. The molecular weight excluding hydrogens is 188 g/mol. The maximum atomic E-state index is 5.00. The van der Waals surface area contributed by atoms with Gasteiger partial charge < -0.3 is 14.6 Å². The summed E-state index contributed by atoms with van der Waals surface area (Å²) in [6.07, 6.45) is 7.55. The first-order valence-corrected chi connectivity index (χ1v) is 5.89. The van der Waals surface area contributed by atoms with Gasteiger partial charge in [0.2, 0.25) is 0 Å². The molecule has 1 saturated heterocycles. The van der Waals surface area contributed by atoms with Crippen LogP contribution in [0.15, 0.2) is 23.0 Å². The third-order valence-corrected chi connectivity index (χ3v) is 2.94. The van der Waals surface area contributed by atoms with E-state index in [1.807, 2.05) is 6.07 Å². The van der Waals surface area contributed by atoms with Crippen molar-refractivity contribution in [3.8, 4) is 0 Å². The summed E-state index contributed by atoms with van der Waals surface area (Å²) in [5, 5.41) is 3.43. The van der Waals surface area contributed by atoms with Gasteiger partial charge in [0.05, 0.1) is 12.5 Å². The Morgan fingerprint density at radius 3 is 2.93 bits per heavy atom. The fourth-order valence-electron chi connectivity index (χ4n) is 2.06. The molecule has 2 heterocycles. The van der Waals surface area contributed by atoms with Gasteiger partial charge in [-0.2, -0.15) is 0 Å². The molecule has 1 aromatic rings. The van der Waals surface area contributed by atoms with E-state index >= 15 is 0 Å². The van der Waals surface area contributed by atoms with E-state index in [1.54, 1.807) is 12.5 Å². The summed E-state index contributed by atoms with van der Waals surface area (Å²) in [5.41, 5.74) is 1.23. The second kappa shape index (κ2) is 5.93. The van der Waals surface area contributed by atoms with Gasteiger partial charge in [0.15, 0.2) is 0 Å². The molecule has 3 heteroatoms. The normalized spacial score (nSPS) is 17.3. The van der Waals surface area contributed by atoms with Crippen molar-refractivity contribution < 1.29 is 4.42 Å². The van der Waals surface area contributed by atoms with Crippen molar-refractivity contribution in [2.24, 2.45) is 0 Å². The van der Waals surface area contributed by atoms with Crippen molar-refractivity contribution in [3.63, 3.8) is 0 Å². The Morgan fingerprint density at radius 1 is 1.33 bits per heavy atom. The molecule has 0 spiro atoms. The Morgan fingerprint density at radius 2 is 2.20 bits per heavy atom. The Hall–Kier alpha value is -0.800. The number of likely N-dealkylation sites (tertiary alicyclic amines) is 1. The minimum absolute atomic E-state index is 0.927. The van der Waals surface area contributed by atoms with E-state index < -0.39 is 0 Å². The van der Waals surface area contributed by atoms with Crippen molar-refractivity contribution in [2.45, 2.75) is 25.8 Å². The monoisotopic (exact) mass is 208 g/mol. The van der Waals surface area contributed by atoms with Crippen LogP contribution in [0.25, 0.3) is 0 Å². The third kappa shape index (κ3) is 3.68. The van der Waals surface area contributed by atoms with Crippen molar-refractivity contribution in [3.05, 3.63) is 24.2 Å². The predicted octanol–water partition coefficient (Wildman–Crippen LogP) is 1.86. The molecular formula is C12H20N2O. The summed E-state index contributed by atoms with van der Waals surface area (Å²) in [6, 6.07) is 2.01. The zero-order chi connectivity index (χ0) is 10.3. The minimum atomic E-state index is 0.927. The summed E-state index contributed by atoms with van der Waals surface area (Å²) in [4.78, 5) is 2.56. The van der Waals surface area contributed by atoms with Crippen LogP contribution in [-0.2, 0) is 6.54 Å². The van der Waals surface area contributed by atoms with Gasteiger partial charge in [-0.15, -0.1) is 0 Å². The van der Waals surface area contributed by atoms with Crippen LogP contribution in [0.5, 0.6) is 0 Å². The van der Waals surface area contributed by atoms with Crippen molar-refractivity contribution in [1.29, 1.82) is 0 Å². The topological polar surface area (TPSA) is 28.4 Å². The van der Waals surface area contributed by atoms with E-state index in [9.17, 15) is 0 Å². The van der Waals surface area contributed by atoms with E-state index in [2.05, 4.69) is 10.2 Å². The van der Waals surface area contributed by atoms with Gasteiger partial charge in [0.1, 0.15) is 0 Å². The first kappa shape index (κ1) is 10.7. The molecule has 1 fully saturated rings. The van der Waals surface area contributed by atoms with Gasteiger partial charge in [-0.25, -0.2) is 0 Å². The molecule has 0 atom stereocenters. The molecule has 2 rings (SSSR count). The third-order valence-electron chi connectivity index (χ3n) is 2.94. The van der Waals surface area contributed by atoms with Crippen molar-refractivity contribution >= 4 is 0 Å². The predicted molar refractivity (Wildman–Crippen MR) is 60.7 cm³/mol. The molecule has 1 N–H and O–H groups in total. The zero-order valence-corrected chi connectivity index (χ0v) is 9.24. The fraction of sp³-hybridized carbons (Fsp3) is 0.667. The largest absolute Gasteiger partial charge is 0.472 e. The van der Waals surface area contributed by atoms with Crippen LogP contribution < -0.4 is 5.32 Å². The number of hydrogen-bond acceptors (Lipinski definition) is 3. The first-order chi connectivity index (χ1) is 7.45. The van der Waals surface area contributed by atoms with Crippen molar-refractivity contribution in [2.75, 3.05) is 26.2 Å². The number of rotatable bonds is 6. The van der Waals surface area contributed by atoms with Crippen LogP contribution in [0.4, 0.5) is 0 Å². The SMILES string of the molecule is c1cc(CNCCCN2CCCC2)co1. The smallest absolute Gasteiger partial charge is 0.0947 e. The Balaban J connectivity index is 1.48. The summed E-state index contributed by atoms with van der Waals surface area (Å²) in [7, 11) is 0. The minimum Gasteiger partial charge on any atom is -0.472 e. The van der Waals surface area contributed by atoms with Crippen LogP contribution in [0, 0.1) is 0 Å². The number of nitrogens with zero attached hydrogens (tertiary/aromatic N) is 1. The summed E-state index contributed by atoms with van der Waals surface area (Å²) < 4.78 is 5.00. The Labute approximate surface area is 91.4 Å². The van der Waals surface area contributed by atoms with E-state index in [0.29, 0.717) is 0 Å². The quantitative estimate of drug-likeness (QED) is 0.723. The summed E-state index contributed by atoms with van der Waals surface area (Å²) >= 11 is 0. The van der Waals surface area contributed by atoms with E-state index in [-0.39, 0.29) is 0 Å². The van der Waals surface area contributed by atoms with Gasteiger partial charge in [0.25, 0.3) is 0 Å². The lowest BCUT2D eigenvalue weighted by Crippen LogP contribution is -2.24. The second-order valence-corrected chi connectivity index (χ2v) is 4.21. The molecule has 0 aromatic carbocycles. The van der Waals surface area contributed by atoms with Crippen LogP contribution in [-0.4, -0.2) is 31.1 Å². The highest BCUT2D eigenvalue weighted by Crippen LogP contribution is 2.07. The van der Waals surface area contributed by atoms with E-state index in [1.165, 1.54) is 44.5 Å². The molecule has 3 nitrogen and oxygen atoms in total. The van der Waals surface area contributed by atoms with Gasteiger partial charge in [-0.05, 0) is 51.5 Å². The average molecular weight is 208 g/mol. The van der Waals surface area contributed by atoms with Gasteiger partial charge in [-0.1, -0.05) is 0 Å². The second-order valence-electron chi connectivity index (χ2n) is 4.21. The lowest BCUT2D eigenvalue weighted by Gasteiger charge is -2.13. The molecule has 1 aliphatic heterocycles. The van der Waals surface area contributed by atoms with Gasteiger partial charge in [0, 0.05) is 12.1 Å². The molecule has 0 saturated carbocycles. The lowest BCUT2D eigenvalue weighted by molar-refractivity contribution is 0.331. The van der Waals surface area contributed by atoms with Crippen LogP contribution >= 0.6 is 0 Å². The number of nitrogens with one attached hydrogen (secondary N) is 1. The highest BCUT2D eigenvalue weighted by Gasteiger charge is 2.09. The maximum Gasteiger partial charge on any atom is 0.0947 e. The highest BCUT2D eigenvalue weighted by atomic mass is 16.3. The molecule has 0 bridgehead atoms. The molecule has 1 aromatic heterocycles. The molecule has 0 amide bonds. The molecule has 15 heavy (non-hydrogen) atoms. The van der Waals surface area contributed by atoms with Crippen LogP contribution in [0.2, 0.25) is 0 Å². The van der Waals surface area contributed by atoms with Gasteiger partial charge in [-0.3, -0.25) is 0 Å². The fourth-order valence-corrected chi connectivity index (χ4v) is 2.06. The van der Waals surface area contributed by atoms with Crippen LogP contribution in [0.1, 0.15) is 24.8 Å². The zero-order valence-electron chi connectivity index (χ0n) is 9.24. The average Bonchev–Trinajstić information content (AvgIpc) is 2.88. The van der Waals surface area contributed by atoms with E-state index in [4.69, 9.17) is 4.42 Å². The number of furan rings is 1. The van der Waals surface area contributed by atoms with Gasteiger partial charge >= 0.3 is 0 Å². The van der Waals surface area contributed by atoms with Crippen LogP contribution in [0.3, 0.4) is 0 Å².